The van der Waals surface area contributed by atoms with Crippen molar-refractivity contribution in [2.24, 2.45) is 0 Å². The summed E-state index contributed by atoms with van der Waals surface area (Å²) in [5, 5.41) is 8.90. The Morgan fingerprint density at radius 2 is 1.68 bits per heavy atom. The number of anilines is 1. The van der Waals surface area contributed by atoms with E-state index in [4.69, 9.17) is 5.26 Å². The Bertz CT molecular complexity index is 1050. The number of hydrogen-bond acceptors (Lipinski definition) is 4. The van der Waals surface area contributed by atoms with Crippen molar-refractivity contribution in [2.75, 3.05) is 24.5 Å². The Morgan fingerprint density at radius 3 is 2.36 bits per heavy atom. The lowest BCUT2D eigenvalue weighted by atomic mass is 10.1. The number of carbonyl (C=O) groups is 1. The first-order valence-electron chi connectivity index (χ1n) is 9.46. The van der Waals surface area contributed by atoms with Gasteiger partial charge in [-0.2, -0.15) is 9.57 Å². The summed E-state index contributed by atoms with van der Waals surface area (Å²) in [4.78, 5) is 14.8. The normalized spacial score (nSPS) is 17.2. The summed E-state index contributed by atoms with van der Waals surface area (Å²) in [7, 11) is -3.48. The van der Waals surface area contributed by atoms with E-state index in [0.29, 0.717) is 42.1 Å². The second kappa shape index (κ2) is 7.38. The molecule has 28 heavy (non-hydrogen) atoms. The van der Waals surface area contributed by atoms with Crippen LogP contribution in [-0.4, -0.2) is 38.3 Å². The van der Waals surface area contributed by atoms with E-state index in [1.54, 1.807) is 51.7 Å². The summed E-state index contributed by atoms with van der Waals surface area (Å²) in [6, 6.07) is 13.6. The quantitative estimate of drug-likeness (QED) is 0.800. The molecule has 0 aliphatic carbocycles. The van der Waals surface area contributed by atoms with Crippen molar-refractivity contribution in [1.29, 1.82) is 5.26 Å². The van der Waals surface area contributed by atoms with Crippen LogP contribution in [0.25, 0.3) is 0 Å². The van der Waals surface area contributed by atoms with E-state index in [0.717, 1.165) is 30.5 Å². The molecule has 7 heteroatoms. The minimum Gasteiger partial charge on any atom is -0.308 e. The number of sulfonamides is 1. The molecular weight excluding hydrogens is 374 g/mol. The van der Waals surface area contributed by atoms with Gasteiger partial charge in [-0.3, -0.25) is 4.79 Å². The van der Waals surface area contributed by atoms with Crippen LogP contribution in [-0.2, 0) is 16.4 Å². The van der Waals surface area contributed by atoms with E-state index in [9.17, 15) is 13.2 Å². The summed E-state index contributed by atoms with van der Waals surface area (Å²) in [5.74, 6) is -0.144. The average molecular weight is 395 g/mol. The highest BCUT2D eigenvalue weighted by atomic mass is 32.2. The minimum atomic E-state index is -3.48. The minimum absolute atomic E-state index is 0.144. The second-order valence-corrected chi connectivity index (χ2v) is 9.09. The Hall–Kier alpha value is -2.69. The molecule has 0 aromatic heterocycles. The first-order valence-corrected chi connectivity index (χ1v) is 10.9. The first kappa shape index (κ1) is 18.7. The highest BCUT2D eigenvalue weighted by molar-refractivity contribution is 7.89. The highest BCUT2D eigenvalue weighted by Gasteiger charge is 2.30. The van der Waals surface area contributed by atoms with Gasteiger partial charge in [0.15, 0.2) is 0 Å². The van der Waals surface area contributed by atoms with Crippen molar-refractivity contribution < 1.29 is 13.2 Å². The monoisotopic (exact) mass is 395 g/mol. The SMILES string of the molecule is N#Cc1ccc(C(=O)N2CCc3cc(S(=O)(=O)N4CCCCC4)ccc32)cc1. The summed E-state index contributed by atoms with van der Waals surface area (Å²) < 4.78 is 27.4. The van der Waals surface area contributed by atoms with Gasteiger partial charge in [0.05, 0.1) is 16.5 Å². The molecule has 2 aliphatic rings. The molecule has 0 saturated carbocycles. The van der Waals surface area contributed by atoms with Crippen molar-refractivity contribution >= 4 is 21.6 Å². The molecule has 0 radical (unpaired) electrons. The zero-order chi connectivity index (χ0) is 19.7. The smallest absolute Gasteiger partial charge is 0.258 e. The maximum absolute atomic E-state index is 12.9. The van der Waals surface area contributed by atoms with E-state index in [-0.39, 0.29) is 5.91 Å². The third-order valence-corrected chi connectivity index (χ3v) is 7.30. The maximum atomic E-state index is 12.9. The van der Waals surface area contributed by atoms with Crippen molar-refractivity contribution in [3.05, 3.63) is 59.2 Å². The number of amides is 1. The molecule has 144 valence electrons. The number of nitriles is 1. The van der Waals surface area contributed by atoms with Crippen LogP contribution >= 0.6 is 0 Å². The van der Waals surface area contributed by atoms with Crippen LogP contribution in [0.4, 0.5) is 5.69 Å². The summed E-state index contributed by atoms with van der Waals surface area (Å²) in [6.07, 6.45) is 3.50. The van der Waals surface area contributed by atoms with Gasteiger partial charge in [-0.1, -0.05) is 6.42 Å². The van der Waals surface area contributed by atoms with Gasteiger partial charge < -0.3 is 4.90 Å². The molecule has 6 nitrogen and oxygen atoms in total. The average Bonchev–Trinajstić information content (AvgIpc) is 3.17. The maximum Gasteiger partial charge on any atom is 0.258 e. The largest absolute Gasteiger partial charge is 0.308 e. The van der Waals surface area contributed by atoms with Crippen LogP contribution in [0.1, 0.15) is 40.7 Å². The molecule has 2 aliphatic heterocycles. The van der Waals surface area contributed by atoms with Crippen LogP contribution < -0.4 is 4.90 Å². The van der Waals surface area contributed by atoms with Crippen LogP contribution in [0.15, 0.2) is 47.4 Å². The molecular formula is C21H21N3O3S. The van der Waals surface area contributed by atoms with E-state index < -0.39 is 10.0 Å². The topological polar surface area (TPSA) is 81.5 Å². The van der Waals surface area contributed by atoms with Crippen LogP contribution in [0, 0.1) is 11.3 Å². The van der Waals surface area contributed by atoms with Crippen LogP contribution in [0.3, 0.4) is 0 Å². The van der Waals surface area contributed by atoms with Gasteiger partial charge in [0.1, 0.15) is 0 Å². The summed E-state index contributed by atoms with van der Waals surface area (Å²) in [5.41, 5.74) is 2.65. The fourth-order valence-corrected chi connectivity index (χ4v) is 5.42. The molecule has 2 aromatic carbocycles. The number of nitrogens with zero attached hydrogens (tertiary/aromatic N) is 3. The molecule has 0 spiro atoms. The molecule has 1 saturated heterocycles. The number of rotatable bonds is 3. The zero-order valence-corrected chi connectivity index (χ0v) is 16.3. The highest BCUT2D eigenvalue weighted by Crippen LogP contribution is 2.32. The van der Waals surface area contributed by atoms with Crippen molar-refractivity contribution in [3.8, 4) is 6.07 Å². The van der Waals surface area contributed by atoms with Crippen molar-refractivity contribution in [2.45, 2.75) is 30.6 Å². The predicted molar refractivity (Wildman–Crippen MR) is 106 cm³/mol. The molecule has 4 rings (SSSR count). The lowest BCUT2D eigenvalue weighted by Crippen LogP contribution is -2.35. The molecule has 2 heterocycles. The predicted octanol–water partition coefficient (Wildman–Crippen LogP) is 2.94. The van der Waals surface area contributed by atoms with Gasteiger partial charge in [0.25, 0.3) is 5.91 Å². The first-order chi connectivity index (χ1) is 13.5. The van der Waals surface area contributed by atoms with Crippen LogP contribution in [0.5, 0.6) is 0 Å². The lowest BCUT2D eigenvalue weighted by Gasteiger charge is -2.26. The Labute approximate surface area is 165 Å². The summed E-state index contributed by atoms with van der Waals surface area (Å²) in [6.45, 7) is 1.66. The molecule has 0 unspecified atom stereocenters. The van der Waals surface area contributed by atoms with E-state index in [1.807, 2.05) is 6.07 Å². The molecule has 1 fully saturated rings. The number of piperidine rings is 1. The Kier molecular flexibility index (Phi) is 4.92. The number of benzene rings is 2. The molecule has 0 atom stereocenters. The van der Waals surface area contributed by atoms with Gasteiger partial charge >= 0.3 is 0 Å². The Morgan fingerprint density at radius 1 is 0.964 bits per heavy atom. The van der Waals surface area contributed by atoms with Gasteiger partial charge in [-0.15, -0.1) is 0 Å². The fraction of sp³-hybridized carbons (Fsp3) is 0.333. The van der Waals surface area contributed by atoms with Gasteiger partial charge in [0.2, 0.25) is 10.0 Å². The second-order valence-electron chi connectivity index (χ2n) is 7.15. The van der Waals surface area contributed by atoms with Gasteiger partial charge in [-0.25, -0.2) is 8.42 Å². The lowest BCUT2D eigenvalue weighted by molar-refractivity contribution is 0.0989. The number of hydrogen-bond donors (Lipinski definition) is 0. The zero-order valence-electron chi connectivity index (χ0n) is 15.5. The van der Waals surface area contributed by atoms with Gasteiger partial charge in [-0.05, 0) is 67.3 Å². The molecule has 0 N–H and O–H groups in total. The molecule has 0 bridgehead atoms. The fourth-order valence-electron chi connectivity index (χ4n) is 3.85. The van der Waals surface area contributed by atoms with Crippen molar-refractivity contribution in [1.82, 2.24) is 4.31 Å². The van der Waals surface area contributed by atoms with E-state index in [1.165, 1.54) is 0 Å². The van der Waals surface area contributed by atoms with E-state index >= 15 is 0 Å². The third kappa shape index (κ3) is 3.30. The van der Waals surface area contributed by atoms with Crippen molar-refractivity contribution in [3.63, 3.8) is 0 Å². The van der Waals surface area contributed by atoms with Gasteiger partial charge in [0, 0.05) is 30.9 Å². The molecule has 1 amide bonds. The third-order valence-electron chi connectivity index (χ3n) is 5.41. The number of carbonyl (C=O) groups excluding carboxylic acids is 1. The number of fused-ring (bicyclic) bond motifs is 1. The Balaban J connectivity index is 1.59. The molecule has 2 aromatic rings. The van der Waals surface area contributed by atoms with Crippen LogP contribution in [0.2, 0.25) is 0 Å². The summed E-state index contributed by atoms with van der Waals surface area (Å²) >= 11 is 0. The standard InChI is InChI=1S/C21H21N3O3S/c22-15-16-4-6-17(7-5-16)21(25)24-13-10-18-14-19(8-9-20(18)24)28(26,27)23-11-2-1-3-12-23/h4-9,14H,1-3,10-13H2. The van der Waals surface area contributed by atoms with E-state index in [2.05, 4.69) is 0 Å².